The summed E-state index contributed by atoms with van der Waals surface area (Å²) < 4.78 is 5.44. The topological polar surface area (TPSA) is 12.5 Å². The van der Waals surface area contributed by atoms with Crippen molar-refractivity contribution in [2.75, 3.05) is 20.3 Å². The first-order valence-corrected chi connectivity index (χ1v) is 11.8. The van der Waals surface area contributed by atoms with Gasteiger partial charge in [-0.1, -0.05) is 38.6 Å². The van der Waals surface area contributed by atoms with Crippen molar-refractivity contribution < 1.29 is 4.74 Å². The van der Waals surface area contributed by atoms with E-state index < -0.39 is 8.07 Å². The number of hydrogen-bond acceptors (Lipinski definition) is 2. The third kappa shape index (κ3) is 5.29. The molecule has 0 aromatic carbocycles. The third-order valence-electron chi connectivity index (χ3n) is 4.30. The van der Waals surface area contributed by atoms with Crippen LogP contribution in [0.15, 0.2) is 12.7 Å². The Labute approximate surface area is 133 Å². The molecule has 1 aliphatic rings. The average Bonchev–Trinajstić information content (AvgIpc) is 2.88. The van der Waals surface area contributed by atoms with Crippen molar-refractivity contribution in [1.29, 1.82) is 0 Å². The van der Waals surface area contributed by atoms with Crippen molar-refractivity contribution in [2.45, 2.75) is 70.2 Å². The lowest BCUT2D eigenvalue weighted by Crippen LogP contribution is -2.51. The van der Waals surface area contributed by atoms with Crippen LogP contribution in [0.3, 0.4) is 0 Å². The zero-order chi connectivity index (χ0) is 15.9. The molecule has 0 aliphatic carbocycles. The molecule has 1 heterocycles. The maximum Gasteiger partial charge on any atom is 0.129 e. The Kier molecular flexibility index (Phi) is 7.19. The summed E-state index contributed by atoms with van der Waals surface area (Å²) in [6.07, 6.45) is 7.73. The SMILES string of the molecule is C=CCCC(C#C[Si](C)(C)C)(CC)N1CCC[C@@H]1COC. The molecule has 0 N–H and O–H groups in total. The second-order valence-electron chi connectivity index (χ2n) is 7.16. The lowest BCUT2D eigenvalue weighted by atomic mass is 9.88. The van der Waals surface area contributed by atoms with E-state index in [1.165, 1.54) is 12.8 Å². The number of ether oxygens (including phenoxy) is 1. The summed E-state index contributed by atoms with van der Waals surface area (Å²) in [6, 6.07) is 0.524. The van der Waals surface area contributed by atoms with Crippen LogP contribution in [0.2, 0.25) is 19.6 Å². The maximum atomic E-state index is 5.44. The Morgan fingerprint density at radius 3 is 2.67 bits per heavy atom. The van der Waals surface area contributed by atoms with E-state index in [4.69, 9.17) is 4.74 Å². The van der Waals surface area contributed by atoms with Crippen molar-refractivity contribution in [2.24, 2.45) is 0 Å². The predicted octanol–water partition coefficient (Wildman–Crippen LogP) is 4.09. The Bertz CT molecular complexity index is 390. The van der Waals surface area contributed by atoms with Crippen molar-refractivity contribution >= 4 is 8.07 Å². The number of methoxy groups -OCH3 is 1. The maximum absolute atomic E-state index is 5.44. The molecule has 1 aliphatic heterocycles. The van der Waals surface area contributed by atoms with Crippen LogP contribution in [0.1, 0.15) is 39.0 Å². The highest BCUT2D eigenvalue weighted by atomic mass is 28.3. The second kappa shape index (κ2) is 8.17. The minimum absolute atomic E-state index is 0.00810. The fraction of sp³-hybridized carbons (Fsp3) is 0.778. The van der Waals surface area contributed by atoms with Gasteiger partial charge in [0.05, 0.1) is 12.1 Å². The van der Waals surface area contributed by atoms with E-state index in [1.807, 2.05) is 13.2 Å². The average molecular weight is 308 g/mol. The van der Waals surface area contributed by atoms with Crippen molar-refractivity contribution in [3.8, 4) is 11.5 Å². The first-order valence-electron chi connectivity index (χ1n) is 8.29. The van der Waals surface area contributed by atoms with Gasteiger partial charge in [0.15, 0.2) is 0 Å². The van der Waals surface area contributed by atoms with E-state index in [0.717, 1.165) is 32.4 Å². The Morgan fingerprint density at radius 1 is 1.43 bits per heavy atom. The molecule has 1 saturated heterocycles. The minimum Gasteiger partial charge on any atom is -0.383 e. The summed E-state index contributed by atoms with van der Waals surface area (Å²) in [7, 11) is 0.448. The van der Waals surface area contributed by atoms with Crippen LogP contribution in [-0.4, -0.2) is 44.8 Å². The van der Waals surface area contributed by atoms with Gasteiger partial charge in [-0.15, -0.1) is 12.1 Å². The molecule has 0 spiro atoms. The molecule has 2 nitrogen and oxygen atoms in total. The number of likely N-dealkylation sites (tertiary alicyclic amines) is 1. The fourth-order valence-electron chi connectivity index (χ4n) is 3.16. The monoisotopic (exact) mass is 307 g/mol. The molecular weight excluding hydrogens is 274 g/mol. The van der Waals surface area contributed by atoms with Gasteiger partial charge in [0.1, 0.15) is 8.07 Å². The molecule has 0 radical (unpaired) electrons. The first kappa shape index (κ1) is 18.5. The molecule has 120 valence electrons. The Balaban J connectivity index is 3.08. The predicted molar refractivity (Wildman–Crippen MR) is 95.2 cm³/mol. The van der Waals surface area contributed by atoms with Crippen LogP contribution < -0.4 is 0 Å². The summed E-state index contributed by atoms with van der Waals surface area (Å²) in [4.78, 5) is 2.63. The van der Waals surface area contributed by atoms with E-state index in [0.29, 0.717) is 6.04 Å². The van der Waals surface area contributed by atoms with Gasteiger partial charge in [-0.05, 0) is 32.1 Å². The molecule has 2 atom stereocenters. The van der Waals surface area contributed by atoms with E-state index in [-0.39, 0.29) is 5.54 Å². The van der Waals surface area contributed by atoms with Crippen molar-refractivity contribution in [3.63, 3.8) is 0 Å². The zero-order valence-corrected chi connectivity index (χ0v) is 15.7. The van der Waals surface area contributed by atoms with E-state index >= 15 is 0 Å². The fourth-order valence-corrected chi connectivity index (χ4v) is 3.76. The number of allylic oxidation sites excluding steroid dienone is 1. The minimum atomic E-state index is -1.36. The van der Waals surface area contributed by atoms with E-state index in [9.17, 15) is 0 Å². The highest BCUT2D eigenvalue weighted by Gasteiger charge is 2.40. The smallest absolute Gasteiger partial charge is 0.129 e. The van der Waals surface area contributed by atoms with Crippen molar-refractivity contribution in [3.05, 3.63) is 12.7 Å². The van der Waals surface area contributed by atoms with Gasteiger partial charge < -0.3 is 4.74 Å². The highest BCUT2D eigenvalue weighted by Crippen LogP contribution is 2.33. The Morgan fingerprint density at radius 2 is 2.14 bits per heavy atom. The molecule has 0 amide bonds. The molecule has 1 unspecified atom stereocenters. The quantitative estimate of drug-likeness (QED) is 0.399. The first-order chi connectivity index (χ1) is 9.88. The van der Waals surface area contributed by atoms with Gasteiger partial charge in [0.25, 0.3) is 0 Å². The zero-order valence-electron chi connectivity index (χ0n) is 14.7. The molecule has 0 aromatic heterocycles. The molecule has 0 aromatic rings. The second-order valence-corrected chi connectivity index (χ2v) is 11.9. The van der Waals surface area contributed by atoms with Crippen LogP contribution in [0, 0.1) is 11.5 Å². The molecule has 0 saturated carbocycles. The standard InChI is InChI=1S/C18H33NOSi/c1-7-9-12-18(8-2,13-15-21(4,5)6)19-14-10-11-17(19)16-20-3/h7,17H,1,8-12,14,16H2,2-6H3/t17-,18?/m1/s1. The van der Waals surface area contributed by atoms with Crippen LogP contribution in [0.5, 0.6) is 0 Å². The Hall–Kier alpha value is -0.563. The van der Waals surface area contributed by atoms with Gasteiger partial charge in [-0.3, -0.25) is 4.90 Å². The molecule has 0 bridgehead atoms. The summed E-state index contributed by atoms with van der Waals surface area (Å²) in [5, 5.41) is 0. The van der Waals surface area contributed by atoms with Gasteiger partial charge in [0, 0.05) is 19.7 Å². The lowest BCUT2D eigenvalue weighted by molar-refractivity contribution is 0.0555. The van der Waals surface area contributed by atoms with Gasteiger partial charge in [-0.25, -0.2) is 0 Å². The van der Waals surface area contributed by atoms with Crippen LogP contribution in [0.25, 0.3) is 0 Å². The summed E-state index contributed by atoms with van der Waals surface area (Å²) >= 11 is 0. The largest absolute Gasteiger partial charge is 0.383 e. The lowest BCUT2D eigenvalue weighted by Gasteiger charge is -2.41. The molecule has 1 rings (SSSR count). The molecule has 21 heavy (non-hydrogen) atoms. The highest BCUT2D eigenvalue weighted by molar-refractivity contribution is 6.83. The van der Waals surface area contributed by atoms with E-state index in [2.05, 4.69) is 49.5 Å². The third-order valence-corrected chi connectivity index (χ3v) is 5.18. The molecule has 3 heteroatoms. The molecular formula is C18H33NOSi. The van der Waals surface area contributed by atoms with E-state index in [1.54, 1.807) is 0 Å². The summed E-state index contributed by atoms with van der Waals surface area (Å²) in [6.45, 7) is 15.1. The summed E-state index contributed by atoms with van der Waals surface area (Å²) in [5.41, 5.74) is 3.64. The number of hydrogen-bond donors (Lipinski definition) is 0. The van der Waals surface area contributed by atoms with Crippen molar-refractivity contribution in [1.82, 2.24) is 4.90 Å². The van der Waals surface area contributed by atoms with Crippen LogP contribution in [-0.2, 0) is 4.74 Å². The normalized spacial score (nSPS) is 22.4. The van der Waals surface area contributed by atoms with Gasteiger partial charge in [0.2, 0.25) is 0 Å². The van der Waals surface area contributed by atoms with Crippen LogP contribution >= 0.6 is 0 Å². The summed E-state index contributed by atoms with van der Waals surface area (Å²) in [5.74, 6) is 3.72. The van der Waals surface area contributed by atoms with Crippen LogP contribution in [0.4, 0.5) is 0 Å². The number of rotatable bonds is 7. The number of nitrogens with zero attached hydrogens (tertiary/aromatic N) is 1. The molecule has 1 fully saturated rings. The van der Waals surface area contributed by atoms with Gasteiger partial charge in [-0.2, -0.15) is 0 Å². The van der Waals surface area contributed by atoms with Gasteiger partial charge >= 0.3 is 0 Å².